The first kappa shape index (κ1) is 22.6. The summed E-state index contributed by atoms with van der Waals surface area (Å²) in [5.41, 5.74) is 1.46. The van der Waals surface area contributed by atoms with Gasteiger partial charge >= 0.3 is 12.3 Å². The molecule has 0 aliphatic heterocycles. The van der Waals surface area contributed by atoms with E-state index >= 15 is 0 Å². The average molecular weight is 443 g/mol. The molecule has 9 nitrogen and oxygen atoms in total. The van der Waals surface area contributed by atoms with Crippen molar-refractivity contribution in [2.24, 2.45) is 0 Å². The Morgan fingerprint density at radius 1 is 1.39 bits per heavy atom. The number of H-pyrrole nitrogens is 1. The standard InChI is InChI=1S/C19H24F3N5O4/c1-10(8-19(20,21)22)24-18(29)31-13-4-3-12(5-13)14-6-15(27-26-14)25-16(28)7-17-23-11(2)9-30-17/h6,9-10,12-13H,3-5,7-8H2,1-2H3,(H,24,29)(H2,25,26,27,28)/t10-,12-,13+/m0/s1. The Bertz CT molecular complexity index is 910. The van der Waals surface area contributed by atoms with Crippen LogP contribution in [0.25, 0.3) is 0 Å². The summed E-state index contributed by atoms with van der Waals surface area (Å²) in [4.78, 5) is 28.0. The first-order valence-electron chi connectivity index (χ1n) is 9.87. The van der Waals surface area contributed by atoms with Crippen molar-refractivity contribution >= 4 is 17.8 Å². The highest BCUT2D eigenvalue weighted by atomic mass is 19.4. The molecule has 2 amide bonds. The Labute approximate surface area is 176 Å². The van der Waals surface area contributed by atoms with Crippen molar-refractivity contribution in [2.75, 3.05) is 5.32 Å². The number of alkyl halides is 3. The number of ether oxygens (including phenoxy) is 1. The van der Waals surface area contributed by atoms with Gasteiger partial charge in [0.05, 0.1) is 12.1 Å². The zero-order valence-electron chi connectivity index (χ0n) is 17.1. The van der Waals surface area contributed by atoms with E-state index in [0.29, 0.717) is 36.7 Å². The molecule has 31 heavy (non-hydrogen) atoms. The molecule has 0 saturated heterocycles. The van der Waals surface area contributed by atoms with Gasteiger partial charge in [-0.05, 0) is 33.1 Å². The number of carbonyl (C=O) groups excluding carboxylic acids is 2. The van der Waals surface area contributed by atoms with Crippen LogP contribution in [0.3, 0.4) is 0 Å². The van der Waals surface area contributed by atoms with Gasteiger partial charge in [0.15, 0.2) is 5.82 Å². The maximum Gasteiger partial charge on any atom is 0.407 e. The fourth-order valence-corrected chi connectivity index (χ4v) is 3.53. The van der Waals surface area contributed by atoms with E-state index in [1.165, 1.54) is 13.2 Å². The smallest absolute Gasteiger partial charge is 0.407 e. The van der Waals surface area contributed by atoms with Gasteiger partial charge in [0.2, 0.25) is 11.8 Å². The van der Waals surface area contributed by atoms with E-state index in [0.717, 1.165) is 5.69 Å². The highest BCUT2D eigenvalue weighted by Crippen LogP contribution is 2.36. The number of hydrogen-bond acceptors (Lipinski definition) is 6. The van der Waals surface area contributed by atoms with Crippen LogP contribution in [-0.2, 0) is 16.0 Å². The fraction of sp³-hybridized carbons (Fsp3) is 0.579. The lowest BCUT2D eigenvalue weighted by Gasteiger charge is -2.18. The molecule has 1 aliphatic carbocycles. The zero-order chi connectivity index (χ0) is 22.6. The van der Waals surface area contributed by atoms with Crippen LogP contribution in [0, 0.1) is 6.92 Å². The van der Waals surface area contributed by atoms with E-state index in [9.17, 15) is 22.8 Å². The molecule has 3 N–H and O–H groups in total. The molecular formula is C19H24F3N5O4. The number of hydrogen-bond donors (Lipinski definition) is 3. The summed E-state index contributed by atoms with van der Waals surface area (Å²) in [5.74, 6) is 0.367. The molecule has 1 saturated carbocycles. The third-order valence-electron chi connectivity index (χ3n) is 4.84. The molecule has 2 aromatic heterocycles. The summed E-state index contributed by atoms with van der Waals surface area (Å²) in [7, 11) is 0. The number of nitrogens with one attached hydrogen (secondary N) is 3. The van der Waals surface area contributed by atoms with E-state index in [4.69, 9.17) is 9.15 Å². The number of halogens is 3. The van der Waals surface area contributed by atoms with Crippen molar-refractivity contribution in [3.05, 3.63) is 29.6 Å². The number of oxazole rings is 1. The van der Waals surface area contributed by atoms with Crippen molar-refractivity contribution in [3.8, 4) is 0 Å². The number of rotatable bonds is 7. The highest BCUT2D eigenvalue weighted by Gasteiger charge is 2.33. The summed E-state index contributed by atoms with van der Waals surface area (Å²) in [6, 6.07) is 0.640. The van der Waals surface area contributed by atoms with Gasteiger partial charge in [-0.15, -0.1) is 0 Å². The summed E-state index contributed by atoms with van der Waals surface area (Å²) >= 11 is 0. The monoisotopic (exact) mass is 443 g/mol. The van der Waals surface area contributed by atoms with Crippen LogP contribution in [0.5, 0.6) is 0 Å². The number of nitrogens with zero attached hydrogens (tertiary/aromatic N) is 2. The molecule has 0 spiro atoms. The van der Waals surface area contributed by atoms with Crippen molar-refractivity contribution in [1.82, 2.24) is 20.5 Å². The van der Waals surface area contributed by atoms with Gasteiger partial charge in [-0.25, -0.2) is 9.78 Å². The van der Waals surface area contributed by atoms with Crippen LogP contribution in [-0.4, -0.2) is 45.5 Å². The molecule has 12 heteroatoms. The Morgan fingerprint density at radius 3 is 2.84 bits per heavy atom. The first-order chi connectivity index (χ1) is 14.6. The van der Waals surface area contributed by atoms with Crippen molar-refractivity contribution in [2.45, 2.75) is 70.2 Å². The SMILES string of the molecule is Cc1coc(CC(=O)Nc2cc([C@H]3CC[C@@H](OC(=O)N[C@@H](C)CC(F)(F)F)C3)[nH]n2)n1. The molecule has 1 fully saturated rings. The van der Waals surface area contributed by atoms with E-state index < -0.39 is 30.8 Å². The van der Waals surface area contributed by atoms with Crippen molar-refractivity contribution in [3.63, 3.8) is 0 Å². The number of alkyl carbamates (subject to hydrolysis) is 1. The Morgan fingerprint density at radius 2 is 2.16 bits per heavy atom. The Hall–Kier alpha value is -3.05. The predicted octanol–water partition coefficient (Wildman–Crippen LogP) is 3.59. The van der Waals surface area contributed by atoms with Crippen LogP contribution in [0.4, 0.5) is 23.8 Å². The second-order valence-electron chi connectivity index (χ2n) is 7.72. The largest absolute Gasteiger partial charge is 0.448 e. The van der Waals surface area contributed by atoms with E-state index in [-0.39, 0.29) is 18.2 Å². The molecular weight excluding hydrogens is 419 g/mol. The second kappa shape index (κ2) is 9.40. The van der Waals surface area contributed by atoms with Gasteiger partial charge in [-0.3, -0.25) is 9.89 Å². The lowest BCUT2D eigenvalue weighted by atomic mass is 10.0. The second-order valence-corrected chi connectivity index (χ2v) is 7.72. The van der Waals surface area contributed by atoms with E-state index in [2.05, 4.69) is 25.8 Å². The summed E-state index contributed by atoms with van der Waals surface area (Å²) < 4.78 is 47.5. The lowest BCUT2D eigenvalue weighted by Crippen LogP contribution is -2.37. The summed E-state index contributed by atoms with van der Waals surface area (Å²) in [5, 5.41) is 11.8. The molecule has 170 valence electrons. The minimum absolute atomic E-state index is 0.0166. The normalized spacial score (nSPS) is 19.8. The van der Waals surface area contributed by atoms with Crippen LogP contribution < -0.4 is 10.6 Å². The van der Waals surface area contributed by atoms with Gasteiger partial charge in [0.1, 0.15) is 18.8 Å². The number of aryl methyl sites for hydroxylation is 1. The molecule has 0 bridgehead atoms. The van der Waals surface area contributed by atoms with Gasteiger partial charge in [0, 0.05) is 23.7 Å². The van der Waals surface area contributed by atoms with E-state index in [1.54, 1.807) is 13.0 Å². The number of anilines is 1. The van der Waals surface area contributed by atoms with Crippen LogP contribution in [0.15, 0.2) is 16.7 Å². The minimum Gasteiger partial charge on any atom is -0.448 e. The quantitative estimate of drug-likeness (QED) is 0.601. The summed E-state index contributed by atoms with van der Waals surface area (Å²) in [6.45, 7) is 3.03. The predicted molar refractivity (Wildman–Crippen MR) is 102 cm³/mol. The summed E-state index contributed by atoms with van der Waals surface area (Å²) in [6.07, 6.45) is -3.49. The number of aromatic nitrogens is 3. The van der Waals surface area contributed by atoms with Gasteiger partial charge in [-0.2, -0.15) is 18.3 Å². The Kier molecular flexibility index (Phi) is 6.86. The van der Waals surface area contributed by atoms with Crippen LogP contribution >= 0.6 is 0 Å². The molecule has 3 atom stereocenters. The fourth-order valence-electron chi connectivity index (χ4n) is 3.53. The van der Waals surface area contributed by atoms with E-state index in [1.807, 2.05) is 0 Å². The molecule has 0 radical (unpaired) electrons. The number of carbonyl (C=O) groups is 2. The molecule has 2 aromatic rings. The van der Waals surface area contributed by atoms with Gasteiger partial charge < -0.3 is 19.8 Å². The van der Waals surface area contributed by atoms with Crippen molar-refractivity contribution < 1.29 is 31.9 Å². The average Bonchev–Trinajstić information content (AvgIpc) is 3.34. The molecule has 2 heterocycles. The van der Waals surface area contributed by atoms with Crippen LogP contribution in [0.2, 0.25) is 0 Å². The van der Waals surface area contributed by atoms with Gasteiger partial charge in [-0.1, -0.05) is 0 Å². The van der Waals surface area contributed by atoms with Crippen LogP contribution in [0.1, 0.15) is 55.8 Å². The lowest BCUT2D eigenvalue weighted by molar-refractivity contribution is -0.138. The van der Waals surface area contributed by atoms with Crippen molar-refractivity contribution in [1.29, 1.82) is 0 Å². The third-order valence-corrected chi connectivity index (χ3v) is 4.84. The number of aromatic amines is 1. The number of amides is 2. The highest BCUT2D eigenvalue weighted by molar-refractivity contribution is 5.90. The minimum atomic E-state index is -4.35. The van der Waals surface area contributed by atoms with Gasteiger partial charge in [0.25, 0.3) is 0 Å². The maximum atomic E-state index is 12.4. The zero-order valence-corrected chi connectivity index (χ0v) is 17.1. The third kappa shape index (κ3) is 7.00. The molecule has 1 aliphatic rings. The first-order valence-corrected chi connectivity index (χ1v) is 9.87. The maximum absolute atomic E-state index is 12.4. The molecule has 3 rings (SSSR count). The Balaban J connectivity index is 1.44. The molecule has 0 unspecified atom stereocenters. The molecule has 0 aromatic carbocycles. The topological polar surface area (TPSA) is 122 Å².